The molecule has 0 unspecified atom stereocenters. The van der Waals surface area contributed by atoms with E-state index in [-0.39, 0.29) is 5.78 Å². The van der Waals surface area contributed by atoms with E-state index >= 15 is 0 Å². The Kier molecular flexibility index (Phi) is 4.58. The van der Waals surface area contributed by atoms with Crippen molar-refractivity contribution in [1.82, 2.24) is 0 Å². The van der Waals surface area contributed by atoms with Gasteiger partial charge in [0.1, 0.15) is 0 Å². The predicted molar refractivity (Wildman–Crippen MR) is 63.1 cm³/mol. The number of ether oxygens (including phenoxy) is 2. The fraction of sp³-hybridized carbons (Fsp3) is 0.308. The first-order valence-corrected chi connectivity index (χ1v) is 5.16. The van der Waals surface area contributed by atoms with Crippen LogP contribution in [0.2, 0.25) is 0 Å². The molecule has 0 N–H and O–H groups in total. The zero-order chi connectivity index (χ0) is 12.0. The Morgan fingerprint density at radius 3 is 2.75 bits per heavy atom. The molecule has 0 radical (unpaired) electrons. The lowest BCUT2D eigenvalue weighted by molar-refractivity contribution is -0.114. The van der Waals surface area contributed by atoms with Crippen LogP contribution in [0.1, 0.15) is 12.5 Å². The molecule has 0 aromatic heterocycles. The molecule has 0 heterocycles. The van der Waals surface area contributed by atoms with Crippen LogP contribution < -0.4 is 9.47 Å². The van der Waals surface area contributed by atoms with Gasteiger partial charge in [-0.2, -0.15) is 0 Å². The van der Waals surface area contributed by atoms with Crippen molar-refractivity contribution in [1.29, 1.82) is 0 Å². The molecular weight excluding hydrogens is 204 g/mol. The zero-order valence-electron chi connectivity index (χ0n) is 9.66. The van der Waals surface area contributed by atoms with Gasteiger partial charge in [0.05, 0.1) is 13.7 Å². The minimum Gasteiger partial charge on any atom is -0.493 e. The van der Waals surface area contributed by atoms with Crippen LogP contribution in [0, 0.1) is 0 Å². The summed E-state index contributed by atoms with van der Waals surface area (Å²) < 4.78 is 10.6. The maximum absolute atomic E-state index is 11.2. The summed E-state index contributed by atoms with van der Waals surface area (Å²) in [6.07, 6.45) is 1.66. The summed E-state index contributed by atoms with van der Waals surface area (Å²) in [5.41, 5.74) is 0.894. The number of hydrogen-bond acceptors (Lipinski definition) is 3. The second-order valence-corrected chi connectivity index (χ2v) is 3.27. The van der Waals surface area contributed by atoms with Crippen LogP contribution in [0.15, 0.2) is 30.9 Å². The number of carbonyl (C=O) groups is 1. The van der Waals surface area contributed by atoms with Crippen molar-refractivity contribution in [3.63, 3.8) is 0 Å². The van der Waals surface area contributed by atoms with Gasteiger partial charge in [0.15, 0.2) is 17.3 Å². The van der Waals surface area contributed by atoms with Crippen molar-refractivity contribution >= 4 is 5.78 Å². The molecule has 0 fully saturated rings. The van der Waals surface area contributed by atoms with Crippen molar-refractivity contribution in [3.05, 3.63) is 36.4 Å². The van der Waals surface area contributed by atoms with Gasteiger partial charge in [0.2, 0.25) is 0 Å². The first-order valence-electron chi connectivity index (χ1n) is 5.16. The highest BCUT2D eigenvalue weighted by molar-refractivity contribution is 5.90. The van der Waals surface area contributed by atoms with E-state index in [2.05, 4.69) is 6.58 Å². The highest BCUT2D eigenvalue weighted by Crippen LogP contribution is 2.28. The molecule has 0 aliphatic rings. The molecule has 16 heavy (non-hydrogen) atoms. The molecule has 0 aliphatic carbocycles. The average molecular weight is 220 g/mol. The maximum Gasteiger partial charge on any atom is 0.161 e. The summed E-state index contributed by atoms with van der Waals surface area (Å²) in [6.45, 7) is 5.94. The van der Waals surface area contributed by atoms with Crippen molar-refractivity contribution in [2.45, 2.75) is 13.3 Å². The fourth-order valence-electron chi connectivity index (χ4n) is 1.37. The molecule has 0 aliphatic heterocycles. The summed E-state index contributed by atoms with van der Waals surface area (Å²) in [6, 6.07) is 5.48. The molecule has 3 nitrogen and oxygen atoms in total. The van der Waals surface area contributed by atoms with Crippen molar-refractivity contribution in [2.75, 3.05) is 13.7 Å². The second kappa shape index (κ2) is 5.95. The lowest BCUT2D eigenvalue weighted by Gasteiger charge is -2.10. The van der Waals surface area contributed by atoms with Crippen LogP contribution in [0.5, 0.6) is 11.5 Å². The molecule has 0 spiro atoms. The summed E-state index contributed by atoms with van der Waals surface area (Å²) in [5, 5.41) is 0. The number of methoxy groups -OCH3 is 1. The predicted octanol–water partition coefficient (Wildman–Crippen LogP) is 2.39. The molecule has 0 saturated heterocycles. The van der Waals surface area contributed by atoms with E-state index in [0.717, 1.165) is 5.56 Å². The SMILES string of the molecule is C=CC(=O)Cc1ccc(OCC)c(OC)c1. The summed E-state index contributed by atoms with van der Waals surface area (Å²) in [5.74, 6) is 1.34. The van der Waals surface area contributed by atoms with Gasteiger partial charge in [0.25, 0.3) is 0 Å². The number of hydrogen-bond donors (Lipinski definition) is 0. The monoisotopic (exact) mass is 220 g/mol. The first kappa shape index (κ1) is 12.3. The largest absolute Gasteiger partial charge is 0.493 e. The second-order valence-electron chi connectivity index (χ2n) is 3.27. The van der Waals surface area contributed by atoms with Crippen LogP contribution in [-0.4, -0.2) is 19.5 Å². The molecule has 0 amide bonds. The van der Waals surface area contributed by atoms with Crippen LogP contribution in [0.4, 0.5) is 0 Å². The summed E-state index contributed by atoms with van der Waals surface area (Å²) in [7, 11) is 1.58. The van der Waals surface area contributed by atoms with E-state index in [1.165, 1.54) is 6.08 Å². The quantitative estimate of drug-likeness (QED) is 0.690. The Bertz CT molecular complexity index is 383. The van der Waals surface area contributed by atoms with Gasteiger partial charge in [-0.05, 0) is 30.7 Å². The van der Waals surface area contributed by atoms with Crippen molar-refractivity contribution in [2.24, 2.45) is 0 Å². The fourth-order valence-corrected chi connectivity index (χ4v) is 1.37. The van der Waals surface area contributed by atoms with E-state index in [4.69, 9.17) is 9.47 Å². The van der Waals surface area contributed by atoms with Gasteiger partial charge in [-0.1, -0.05) is 12.6 Å². The zero-order valence-corrected chi connectivity index (χ0v) is 9.66. The van der Waals surface area contributed by atoms with Crippen LogP contribution in [0.25, 0.3) is 0 Å². The molecule has 0 bridgehead atoms. The lowest BCUT2D eigenvalue weighted by Crippen LogP contribution is -2.00. The highest BCUT2D eigenvalue weighted by Gasteiger charge is 2.06. The molecular formula is C13H16O3. The van der Waals surface area contributed by atoms with Gasteiger partial charge in [0, 0.05) is 6.42 Å². The Morgan fingerprint density at radius 2 is 2.19 bits per heavy atom. The first-order chi connectivity index (χ1) is 7.71. The molecule has 0 saturated carbocycles. The third-order valence-corrected chi connectivity index (χ3v) is 2.13. The molecule has 0 atom stereocenters. The molecule has 1 aromatic rings. The van der Waals surface area contributed by atoms with Crippen molar-refractivity contribution < 1.29 is 14.3 Å². The van der Waals surface area contributed by atoms with E-state index < -0.39 is 0 Å². The number of allylic oxidation sites excluding steroid dienone is 1. The third kappa shape index (κ3) is 3.12. The topological polar surface area (TPSA) is 35.5 Å². The Hall–Kier alpha value is -1.77. The van der Waals surface area contributed by atoms with Gasteiger partial charge in [-0.15, -0.1) is 0 Å². The van der Waals surface area contributed by atoms with Crippen LogP contribution in [-0.2, 0) is 11.2 Å². The third-order valence-electron chi connectivity index (χ3n) is 2.13. The van der Waals surface area contributed by atoms with Gasteiger partial charge < -0.3 is 9.47 Å². The number of ketones is 1. The molecule has 1 rings (SSSR count). The number of rotatable bonds is 6. The highest BCUT2D eigenvalue weighted by atomic mass is 16.5. The van der Waals surface area contributed by atoms with Gasteiger partial charge in [-0.25, -0.2) is 0 Å². The van der Waals surface area contributed by atoms with E-state index in [1.807, 2.05) is 25.1 Å². The number of benzene rings is 1. The minimum atomic E-state index is -0.00814. The standard InChI is InChI=1S/C13H16O3/c1-4-11(14)8-10-6-7-12(16-5-2)13(9-10)15-3/h4,6-7,9H,1,5,8H2,2-3H3. The van der Waals surface area contributed by atoms with Gasteiger partial charge in [-0.3, -0.25) is 4.79 Å². The van der Waals surface area contributed by atoms with E-state index in [1.54, 1.807) is 7.11 Å². The Labute approximate surface area is 95.7 Å². The maximum atomic E-state index is 11.2. The molecule has 86 valence electrons. The smallest absolute Gasteiger partial charge is 0.161 e. The van der Waals surface area contributed by atoms with Crippen molar-refractivity contribution in [3.8, 4) is 11.5 Å². The van der Waals surface area contributed by atoms with E-state index in [0.29, 0.717) is 24.5 Å². The summed E-state index contributed by atoms with van der Waals surface area (Å²) >= 11 is 0. The van der Waals surface area contributed by atoms with Gasteiger partial charge >= 0.3 is 0 Å². The lowest BCUT2D eigenvalue weighted by atomic mass is 10.1. The number of carbonyl (C=O) groups excluding carboxylic acids is 1. The molecule has 3 heteroatoms. The Balaban J connectivity index is 2.90. The molecule has 1 aromatic carbocycles. The average Bonchev–Trinajstić information content (AvgIpc) is 2.31. The normalized spacial score (nSPS) is 9.62. The minimum absolute atomic E-state index is 0.00814. The van der Waals surface area contributed by atoms with E-state index in [9.17, 15) is 4.79 Å². The summed E-state index contributed by atoms with van der Waals surface area (Å²) in [4.78, 5) is 11.2. The van der Waals surface area contributed by atoms with Crippen LogP contribution >= 0.6 is 0 Å². The van der Waals surface area contributed by atoms with Crippen LogP contribution in [0.3, 0.4) is 0 Å². The Morgan fingerprint density at radius 1 is 1.44 bits per heavy atom.